The molecule has 0 atom stereocenters. The largest absolute Gasteiger partial charge is 0.491 e. The minimum atomic E-state index is -5.32. The molecule has 36 heavy (non-hydrogen) atoms. The van der Waals surface area contributed by atoms with Crippen LogP contribution in [0.2, 0.25) is 0 Å². The molecule has 0 saturated heterocycles. The summed E-state index contributed by atoms with van der Waals surface area (Å²) in [4.78, 5) is 47.1. The number of carbonyl (C=O) groups is 3. The fraction of sp³-hybridized carbons (Fsp3) is 0.318. The molecule has 0 aliphatic carbocycles. The molecule has 2 rings (SSSR count). The van der Waals surface area contributed by atoms with E-state index in [2.05, 4.69) is 4.74 Å². The summed E-state index contributed by atoms with van der Waals surface area (Å²) in [6, 6.07) is 11.4. The van der Waals surface area contributed by atoms with Gasteiger partial charge in [-0.15, -0.1) is 0 Å². The van der Waals surface area contributed by atoms with Crippen LogP contribution in [0.4, 0.5) is 18.9 Å². The smallest absolute Gasteiger partial charge is 0.480 e. The van der Waals surface area contributed by atoms with Crippen molar-refractivity contribution in [3.63, 3.8) is 0 Å². The van der Waals surface area contributed by atoms with Crippen molar-refractivity contribution in [3.8, 4) is 5.75 Å². The lowest BCUT2D eigenvalue weighted by molar-refractivity contribution is -0.385. The molecule has 2 N–H and O–H groups in total. The van der Waals surface area contributed by atoms with Crippen molar-refractivity contribution in [2.75, 3.05) is 26.2 Å². The predicted octanol–water partition coefficient (Wildman–Crippen LogP) is 2.54. The van der Waals surface area contributed by atoms with Crippen LogP contribution < -0.4 is 4.74 Å². The molecule has 0 spiro atoms. The van der Waals surface area contributed by atoms with E-state index in [-0.39, 0.29) is 31.7 Å². The van der Waals surface area contributed by atoms with Crippen LogP contribution in [0, 0.1) is 10.1 Å². The number of alkyl halides is 3. The number of benzene rings is 2. The molecule has 2 aromatic rings. The van der Waals surface area contributed by atoms with Crippen LogP contribution in [0.5, 0.6) is 5.75 Å². The molecule has 0 saturated carbocycles. The minimum absolute atomic E-state index is 0.0427. The van der Waals surface area contributed by atoms with Crippen molar-refractivity contribution in [1.82, 2.24) is 9.80 Å². The Labute approximate surface area is 202 Å². The number of aliphatic carboxylic acids is 2. The Kier molecular flexibility index (Phi) is 9.87. The first-order valence-electron chi connectivity index (χ1n) is 10.3. The zero-order valence-corrected chi connectivity index (χ0v) is 18.7. The topological polar surface area (TPSA) is 151 Å². The first-order chi connectivity index (χ1) is 16.8. The number of nitro benzene ring substituents is 1. The van der Waals surface area contributed by atoms with Gasteiger partial charge in [-0.2, -0.15) is 13.2 Å². The van der Waals surface area contributed by atoms with E-state index in [0.29, 0.717) is 0 Å². The zero-order chi connectivity index (χ0) is 26.9. The Balaban J connectivity index is 2.27. The normalized spacial score (nSPS) is 11.5. The van der Waals surface area contributed by atoms with E-state index in [1.54, 1.807) is 30.3 Å². The maximum absolute atomic E-state index is 12.7. The lowest BCUT2D eigenvalue weighted by atomic mass is 10.1. The molecule has 11 nitrogen and oxygen atoms in total. The van der Waals surface area contributed by atoms with Gasteiger partial charge in [0.15, 0.2) is 0 Å². The highest BCUT2D eigenvalue weighted by atomic mass is 19.4. The Morgan fingerprint density at radius 2 is 1.47 bits per heavy atom. The number of nitro groups is 1. The van der Waals surface area contributed by atoms with E-state index >= 15 is 0 Å². The Morgan fingerprint density at radius 1 is 0.917 bits per heavy atom. The average Bonchev–Trinajstić information content (AvgIpc) is 2.77. The molecule has 14 heteroatoms. The number of hydrogen-bond acceptors (Lipinski definition) is 8. The minimum Gasteiger partial charge on any atom is -0.480 e. The molecule has 0 aromatic heterocycles. The number of hydrogen-bond donors (Lipinski definition) is 2. The van der Waals surface area contributed by atoms with Crippen molar-refractivity contribution in [1.29, 1.82) is 0 Å². The molecule has 0 fully saturated rings. The number of ether oxygens (including phenoxy) is 1. The summed E-state index contributed by atoms with van der Waals surface area (Å²) in [5.41, 5.74) is 0.0585. The number of non-ortho nitro benzene ring substituents is 1. The van der Waals surface area contributed by atoms with E-state index in [4.69, 9.17) is 0 Å². The summed E-state index contributed by atoms with van der Waals surface area (Å²) in [6.45, 7) is -1.23. The van der Waals surface area contributed by atoms with Crippen LogP contribution in [-0.4, -0.2) is 75.2 Å². The van der Waals surface area contributed by atoms with E-state index in [1.165, 1.54) is 9.80 Å². The van der Waals surface area contributed by atoms with E-state index in [0.717, 1.165) is 23.8 Å². The predicted molar refractivity (Wildman–Crippen MR) is 117 cm³/mol. The van der Waals surface area contributed by atoms with E-state index in [1.807, 2.05) is 0 Å². The van der Waals surface area contributed by atoms with Gasteiger partial charge in [-0.1, -0.05) is 30.3 Å². The number of halogens is 3. The van der Waals surface area contributed by atoms with Gasteiger partial charge >= 0.3 is 24.1 Å². The van der Waals surface area contributed by atoms with E-state index < -0.39 is 53.5 Å². The summed E-state index contributed by atoms with van der Waals surface area (Å²) in [5.74, 6) is -5.60. The third kappa shape index (κ3) is 9.31. The van der Waals surface area contributed by atoms with Crippen molar-refractivity contribution in [3.05, 3.63) is 69.8 Å². The number of nitrogens with zero attached hydrogens (tertiary/aromatic N) is 3. The van der Waals surface area contributed by atoms with Crippen molar-refractivity contribution < 1.29 is 47.4 Å². The van der Waals surface area contributed by atoms with Crippen molar-refractivity contribution >= 4 is 23.6 Å². The molecule has 0 unspecified atom stereocenters. The fourth-order valence-corrected chi connectivity index (χ4v) is 3.24. The first-order valence-corrected chi connectivity index (χ1v) is 10.3. The second-order valence-corrected chi connectivity index (χ2v) is 7.63. The van der Waals surface area contributed by atoms with Gasteiger partial charge < -0.3 is 14.9 Å². The summed E-state index contributed by atoms with van der Waals surface area (Å²) in [5, 5.41) is 29.7. The molecule has 0 heterocycles. The summed E-state index contributed by atoms with van der Waals surface area (Å²) < 4.78 is 42.4. The number of esters is 1. The van der Waals surface area contributed by atoms with Gasteiger partial charge in [0, 0.05) is 43.9 Å². The first kappa shape index (κ1) is 28.2. The summed E-state index contributed by atoms with van der Waals surface area (Å²) in [7, 11) is 0. The van der Waals surface area contributed by atoms with Crippen molar-refractivity contribution in [2.45, 2.75) is 19.3 Å². The van der Waals surface area contributed by atoms with Gasteiger partial charge in [-0.25, -0.2) is 4.79 Å². The number of rotatable bonds is 13. The molecular formula is C22H22F3N3O8. The molecule has 2 aromatic carbocycles. The summed E-state index contributed by atoms with van der Waals surface area (Å²) >= 11 is 0. The standard InChI is InChI=1S/C22H22F3N3O8/c23-22(24,25)21(33)36-18-7-6-17(28(34)35)10-16(18)12-27(14-20(31)32)9-8-26(13-19(29)30)11-15-4-2-1-3-5-15/h1-7,10H,8-9,11-14H2,(H,29,30)(H,31,32). The number of carboxylic acids is 2. The van der Waals surface area contributed by atoms with Gasteiger partial charge in [-0.3, -0.25) is 29.5 Å². The van der Waals surface area contributed by atoms with Crippen LogP contribution in [0.15, 0.2) is 48.5 Å². The Hall–Kier alpha value is -4.04. The third-order valence-corrected chi connectivity index (χ3v) is 4.78. The number of carboxylic acid groups (broad SMARTS) is 2. The van der Waals surface area contributed by atoms with Gasteiger partial charge in [0.2, 0.25) is 0 Å². The molecule has 194 valence electrons. The van der Waals surface area contributed by atoms with Crippen molar-refractivity contribution in [2.24, 2.45) is 0 Å². The maximum atomic E-state index is 12.7. The summed E-state index contributed by atoms with van der Waals surface area (Å²) in [6.07, 6.45) is -5.32. The molecule has 0 bridgehead atoms. The lowest BCUT2D eigenvalue weighted by Crippen LogP contribution is -2.39. The van der Waals surface area contributed by atoms with Crippen LogP contribution in [-0.2, 0) is 27.5 Å². The third-order valence-electron chi connectivity index (χ3n) is 4.78. The molecular weight excluding hydrogens is 491 g/mol. The average molecular weight is 513 g/mol. The van der Waals surface area contributed by atoms with Crippen LogP contribution in [0.25, 0.3) is 0 Å². The van der Waals surface area contributed by atoms with Gasteiger partial charge in [0.1, 0.15) is 5.75 Å². The Morgan fingerprint density at radius 3 is 1.97 bits per heavy atom. The lowest BCUT2D eigenvalue weighted by Gasteiger charge is -2.26. The highest BCUT2D eigenvalue weighted by Crippen LogP contribution is 2.28. The number of carbonyl (C=O) groups excluding carboxylic acids is 1. The van der Waals surface area contributed by atoms with Gasteiger partial charge in [0.25, 0.3) is 5.69 Å². The highest BCUT2D eigenvalue weighted by Gasteiger charge is 2.41. The van der Waals surface area contributed by atoms with Gasteiger partial charge in [-0.05, 0) is 11.6 Å². The second-order valence-electron chi connectivity index (χ2n) is 7.63. The van der Waals surface area contributed by atoms with E-state index in [9.17, 15) is 47.9 Å². The molecule has 0 aliphatic rings. The highest BCUT2D eigenvalue weighted by molar-refractivity contribution is 5.78. The second kappa shape index (κ2) is 12.6. The fourth-order valence-electron chi connectivity index (χ4n) is 3.24. The van der Waals surface area contributed by atoms with Crippen LogP contribution in [0.1, 0.15) is 11.1 Å². The monoisotopic (exact) mass is 513 g/mol. The van der Waals surface area contributed by atoms with Gasteiger partial charge in [0.05, 0.1) is 18.0 Å². The van der Waals surface area contributed by atoms with Crippen LogP contribution >= 0.6 is 0 Å². The molecule has 0 radical (unpaired) electrons. The molecule has 0 aliphatic heterocycles. The Bertz CT molecular complexity index is 1100. The maximum Gasteiger partial charge on any atom is 0.491 e. The van der Waals surface area contributed by atoms with Crippen LogP contribution in [0.3, 0.4) is 0 Å². The molecule has 0 amide bonds. The quantitative estimate of drug-likeness (QED) is 0.177. The zero-order valence-electron chi connectivity index (χ0n) is 18.7. The SMILES string of the molecule is O=C(O)CN(CCN(CC(=O)O)Cc1cc([N+](=O)[O-])ccc1OC(=O)C(F)(F)F)Cc1ccccc1.